The predicted molar refractivity (Wildman–Crippen MR) is 22.3 cm³/mol. The molecule has 10 heteroatoms. The summed E-state index contributed by atoms with van der Waals surface area (Å²) in [6, 6.07) is 0. The molecule has 0 aromatic heterocycles. The number of rotatable bonds is 0. The first kappa shape index (κ1) is 42.0. The zero-order chi connectivity index (χ0) is 4.50. The number of hydrogen-bond donors (Lipinski definition) is 0. The zero-order valence-corrected chi connectivity index (χ0v) is 9.37. The average molecular weight is 196 g/mol. The molecule has 0 amide bonds. The first-order chi connectivity index (χ1) is 2.00. The summed E-state index contributed by atoms with van der Waals surface area (Å²) >= 11 is 0. The van der Waals surface area contributed by atoms with Gasteiger partial charge in [0.1, 0.15) is 0 Å². The van der Waals surface area contributed by atoms with Crippen LogP contribution in [-0.2, 0) is 0 Å². The molecule has 0 unspecified atom stereocenters. The molecule has 0 bridgehead atoms. The summed E-state index contributed by atoms with van der Waals surface area (Å²) in [5, 5.41) is 0. The minimum atomic E-state index is -5.61. The van der Waals surface area contributed by atoms with Gasteiger partial charge in [-0.2, -0.15) is 0 Å². The van der Waals surface area contributed by atoms with Gasteiger partial charge in [0.2, 0.25) is 0 Å². The Kier molecular flexibility index (Phi) is 70.7. The maximum Gasteiger partial charge on any atom is 3.00 e. The average Bonchev–Trinajstić information content (AvgIpc) is 0.722. The predicted octanol–water partition coefficient (Wildman–Crippen LogP) is -11.0. The molecule has 0 aromatic rings. The molecule has 0 saturated heterocycles. The molecule has 0 spiro atoms. The number of hydrogen-bond acceptors (Lipinski definition) is 4. The van der Waals surface area contributed by atoms with E-state index in [0.717, 1.165) is 0 Å². The van der Waals surface area contributed by atoms with Gasteiger partial charge in [0.25, 0.3) is 0 Å². The summed E-state index contributed by atoms with van der Waals surface area (Å²) in [5.41, 5.74) is 0. The molecule has 10 heavy (non-hydrogen) atoms. The van der Waals surface area contributed by atoms with Gasteiger partial charge in [0.05, 0.1) is 0 Å². The van der Waals surface area contributed by atoms with Crippen molar-refractivity contribution >= 4 is 26.4 Å². The van der Waals surface area contributed by atoms with Crippen LogP contribution in [0.15, 0.2) is 0 Å². The van der Waals surface area contributed by atoms with Gasteiger partial charge in [0, 0.05) is 0 Å². The third kappa shape index (κ3) is 315. The second-order valence-corrected chi connectivity index (χ2v) is 1.50. The third-order valence-corrected chi connectivity index (χ3v) is 0. The Hall–Kier alpha value is 1.47. The maximum absolute atomic E-state index is 8.58. The van der Waals surface area contributed by atoms with Gasteiger partial charge in [-0.05, 0) is 0 Å². The van der Waals surface area contributed by atoms with Crippen molar-refractivity contribution in [3.8, 4) is 0 Å². The first-order valence-corrected chi connectivity index (χ1v) is 2.45. The van der Waals surface area contributed by atoms with E-state index in [0.29, 0.717) is 0 Å². The van der Waals surface area contributed by atoms with Gasteiger partial charge in [0.15, 0.2) is 0 Å². The van der Waals surface area contributed by atoms with Gasteiger partial charge in [-0.25, -0.2) is 0 Å². The molecule has 56 valence electrons. The SMILES string of the molecule is O.O.O.[Al+3].[Na+].[O-][Si]([O-])([O-])[O-]. The van der Waals surface area contributed by atoms with Crippen LogP contribution in [0.5, 0.6) is 0 Å². The van der Waals surface area contributed by atoms with Crippen LogP contribution in [0.25, 0.3) is 0 Å². The normalized spacial score (nSPS) is 6.00. The van der Waals surface area contributed by atoms with Crippen molar-refractivity contribution in [2.45, 2.75) is 0 Å². The fourth-order valence-electron chi connectivity index (χ4n) is 0. The van der Waals surface area contributed by atoms with Gasteiger partial charge in [-0.3, -0.25) is 0 Å². The van der Waals surface area contributed by atoms with Crippen molar-refractivity contribution in [2.24, 2.45) is 0 Å². The Bertz CT molecular complexity index is 29.1. The van der Waals surface area contributed by atoms with E-state index >= 15 is 0 Å². The van der Waals surface area contributed by atoms with E-state index in [-0.39, 0.29) is 63.3 Å². The molecule has 0 saturated carbocycles. The first-order valence-electron chi connectivity index (χ1n) is 0.816. The summed E-state index contributed by atoms with van der Waals surface area (Å²) < 4.78 is 0. The molecule has 0 heterocycles. The minimum Gasteiger partial charge on any atom is -0.894 e. The van der Waals surface area contributed by atoms with Crippen molar-refractivity contribution in [1.82, 2.24) is 0 Å². The molecule has 0 aromatic carbocycles. The summed E-state index contributed by atoms with van der Waals surface area (Å²) in [4.78, 5) is 34.3. The standard InChI is InChI=1S/Al.Na.O4Si.3H2O/c;;1-5(2,3)4;;;/h;;;3*1H2/q+3;+1;-4;;;. The summed E-state index contributed by atoms with van der Waals surface area (Å²) in [5.74, 6) is 0. The Morgan fingerprint density at radius 1 is 0.700 bits per heavy atom. The molecular weight excluding hydrogens is 190 g/mol. The fraction of sp³-hybridized carbons (Fsp3) is 0. The monoisotopic (exact) mass is 196 g/mol. The molecule has 0 aliphatic carbocycles. The Morgan fingerprint density at radius 3 is 0.700 bits per heavy atom. The summed E-state index contributed by atoms with van der Waals surface area (Å²) in [6.45, 7) is 0. The van der Waals surface area contributed by atoms with E-state index in [9.17, 15) is 0 Å². The maximum atomic E-state index is 8.58. The minimum absolute atomic E-state index is 0. The quantitative estimate of drug-likeness (QED) is 0.348. The molecule has 0 rings (SSSR count). The molecule has 6 N–H and O–H groups in total. The third-order valence-electron chi connectivity index (χ3n) is 0. The zero-order valence-electron chi connectivity index (χ0n) is 5.21. The fourth-order valence-corrected chi connectivity index (χ4v) is 0. The largest absolute Gasteiger partial charge is 3.00 e. The molecule has 0 fully saturated rings. The van der Waals surface area contributed by atoms with Crippen LogP contribution < -0.4 is 48.7 Å². The van der Waals surface area contributed by atoms with Crippen molar-refractivity contribution in [2.75, 3.05) is 0 Å². The van der Waals surface area contributed by atoms with E-state index in [2.05, 4.69) is 0 Å². The van der Waals surface area contributed by atoms with Gasteiger partial charge < -0.3 is 44.7 Å². The van der Waals surface area contributed by atoms with E-state index in [1.165, 1.54) is 0 Å². The Labute approximate surface area is 91.2 Å². The second kappa shape index (κ2) is 16.8. The van der Waals surface area contributed by atoms with E-state index in [4.69, 9.17) is 19.2 Å². The van der Waals surface area contributed by atoms with Crippen molar-refractivity contribution in [3.63, 3.8) is 0 Å². The molecular formula is H6AlNaO7Si. The van der Waals surface area contributed by atoms with Crippen LogP contribution >= 0.6 is 0 Å². The van der Waals surface area contributed by atoms with Crippen molar-refractivity contribution in [1.29, 1.82) is 0 Å². The smallest absolute Gasteiger partial charge is 0.894 e. The van der Waals surface area contributed by atoms with E-state index in [1.54, 1.807) is 0 Å². The van der Waals surface area contributed by atoms with Gasteiger partial charge >= 0.3 is 46.9 Å². The van der Waals surface area contributed by atoms with Crippen LogP contribution in [0.1, 0.15) is 0 Å². The van der Waals surface area contributed by atoms with Crippen molar-refractivity contribution in [3.05, 3.63) is 0 Å². The summed E-state index contributed by atoms with van der Waals surface area (Å²) in [7, 11) is -5.61. The Morgan fingerprint density at radius 2 is 0.700 bits per heavy atom. The molecule has 0 radical (unpaired) electrons. The molecule has 0 aliphatic heterocycles. The van der Waals surface area contributed by atoms with Crippen LogP contribution in [0.3, 0.4) is 0 Å². The van der Waals surface area contributed by atoms with Crippen LogP contribution in [0.4, 0.5) is 0 Å². The molecule has 7 nitrogen and oxygen atoms in total. The molecule has 0 atom stereocenters. The summed E-state index contributed by atoms with van der Waals surface area (Å²) in [6.07, 6.45) is 0. The van der Waals surface area contributed by atoms with Crippen molar-refractivity contribution < 1.29 is 65.2 Å². The van der Waals surface area contributed by atoms with E-state index in [1.807, 2.05) is 0 Å². The second-order valence-electron chi connectivity index (χ2n) is 0.500. The van der Waals surface area contributed by atoms with Crippen LogP contribution in [0.2, 0.25) is 0 Å². The molecule has 0 aliphatic rings. The van der Waals surface area contributed by atoms with Gasteiger partial charge in [-0.15, -0.1) is 0 Å². The Balaban J connectivity index is -0.00000000800. The van der Waals surface area contributed by atoms with Crippen LogP contribution in [0, 0.1) is 0 Å². The van der Waals surface area contributed by atoms with Crippen LogP contribution in [-0.4, -0.2) is 42.8 Å². The van der Waals surface area contributed by atoms with E-state index < -0.39 is 9.05 Å². The van der Waals surface area contributed by atoms with Gasteiger partial charge in [-0.1, -0.05) is 0 Å². The topological polar surface area (TPSA) is 187 Å².